The molecule has 0 saturated heterocycles. The van der Waals surface area contributed by atoms with Crippen molar-refractivity contribution in [2.75, 3.05) is 26.6 Å². The number of rotatable bonds is 11. The van der Waals surface area contributed by atoms with Gasteiger partial charge in [0.15, 0.2) is 0 Å². The number of carbonyl (C=O) groups excluding carboxylic acids is 3. The number of benzene rings is 7. The topological polar surface area (TPSA) is 314 Å². The number of hydrogen-bond donors (Lipinski definition) is 9. The molecule has 0 atom stereocenters. The van der Waals surface area contributed by atoms with Crippen molar-refractivity contribution in [3.05, 3.63) is 153 Å². The number of aryl methyl sites for hydroxylation is 2. The van der Waals surface area contributed by atoms with E-state index in [-0.39, 0.29) is 185 Å². The fraction of sp³-hybridized carbons (Fsp3) is 0.115. The van der Waals surface area contributed by atoms with Gasteiger partial charge in [-0.15, -0.1) is 34.9 Å². The zero-order valence-corrected chi connectivity index (χ0v) is 53.1. The molecule has 9 N–H and O–H groups in total. The number of phenols is 2. The molecule has 4 amide bonds. The average Bonchev–Trinajstić information content (AvgIpc) is 3.31. The summed E-state index contributed by atoms with van der Waals surface area (Å²) in [7, 11) is -9.97. The van der Waals surface area contributed by atoms with Crippen molar-refractivity contribution in [3.63, 3.8) is 0 Å². The van der Waals surface area contributed by atoms with Gasteiger partial charge in [0, 0.05) is 68.0 Å². The Morgan fingerprint density at radius 3 is 1.91 bits per heavy atom. The molecule has 0 spiro atoms. The van der Waals surface area contributed by atoms with Gasteiger partial charge in [-0.05, 0) is 68.8 Å². The molecular formula is C52H43N6Na4O13S2+. The number of nitrogens with one attached hydrogen (secondary N) is 6. The summed E-state index contributed by atoms with van der Waals surface area (Å²) < 4.78 is 81.3. The van der Waals surface area contributed by atoms with Crippen LogP contribution in [0.1, 0.15) is 43.7 Å². The Labute approximate surface area is 531 Å². The summed E-state index contributed by atoms with van der Waals surface area (Å²) in [5.41, 5.74) is 4.71. The Balaban J connectivity index is 0.00000320. The van der Waals surface area contributed by atoms with E-state index >= 15 is 0 Å². The number of carboxylic acid groups (broad SMARTS) is 1. The fourth-order valence-corrected chi connectivity index (χ4v) is 10.4. The molecule has 1 heterocycles. The molecule has 374 valence electrons. The van der Waals surface area contributed by atoms with Gasteiger partial charge in [-0.2, -0.15) is 20.6 Å². The standard InChI is InChI=1S/C52H44N6O13S2.4Na/c1-25-21-26(2)46(57-51(63)55-31-11-16-35(59)17-12-31)27(3)45(25)53-33-13-18-36-41(23-33)71-42-24-34(14-19-37(42)44(36)38-9-7-8-10-43(38)72(65,66)67)54-47-28(4)48(30(6)49(29(47)5)73(68,69)70)58-52(64)56-32-15-20-40(60)39(22-32)50(61)62;;;;/h7-16,18-20,22-24,53,59-60H,1-6H3,(H,61,62)(H2,55,57,63)(H2,56,58,64)(H,65,66,67)(H,68,69,70);;;;/q-2;4*+1/p-1. The molecule has 0 aromatic heterocycles. The van der Waals surface area contributed by atoms with Crippen LogP contribution in [-0.4, -0.2) is 54.2 Å². The number of aromatic carboxylic acids is 1. The molecule has 0 unspecified atom stereocenters. The van der Waals surface area contributed by atoms with Crippen molar-refractivity contribution >= 4 is 89.0 Å². The maximum absolute atomic E-state index is 13.4. The van der Waals surface area contributed by atoms with E-state index in [4.69, 9.17) is 4.42 Å². The number of phenolic OH excluding ortho intramolecular Hbond substituents is 1. The van der Waals surface area contributed by atoms with Crippen LogP contribution < -0.4 is 160 Å². The second-order valence-corrected chi connectivity index (χ2v) is 19.6. The molecule has 1 aliphatic carbocycles. The smallest absolute Gasteiger partial charge is 0.744 e. The van der Waals surface area contributed by atoms with Crippen molar-refractivity contribution in [1.82, 2.24) is 0 Å². The van der Waals surface area contributed by atoms with Crippen molar-refractivity contribution < 1.29 is 183 Å². The molecule has 1 aliphatic heterocycles. The average molecular weight is 1120 g/mol. The van der Waals surface area contributed by atoms with Crippen molar-refractivity contribution in [3.8, 4) is 33.9 Å². The van der Waals surface area contributed by atoms with E-state index in [1.54, 1.807) is 56.3 Å². The number of aromatic hydroxyl groups is 2. The van der Waals surface area contributed by atoms with Gasteiger partial charge < -0.3 is 55.7 Å². The van der Waals surface area contributed by atoms with Crippen LogP contribution in [0, 0.1) is 53.7 Å². The molecule has 0 saturated carbocycles. The second kappa shape index (κ2) is 26.0. The Bertz CT molecular complexity index is 3920. The maximum atomic E-state index is 13.4. The van der Waals surface area contributed by atoms with Crippen molar-refractivity contribution in [2.24, 2.45) is 0 Å². The summed E-state index contributed by atoms with van der Waals surface area (Å²) in [5, 5.41) is 45.7. The summed E-state index contributed by atoms with van der Waals surface area (Å²) in [6, 6.07) is 27.7. The van der Waals surface area contributed by atoms with Gasteiger partial charge in [0.25, 0.3) is 10.1 Å². The Hall–Kier alpha value is -4.76. The number of carbonyl (C=O) groups is 3. The number of anilines is 6. The minimum Gasteiger partial charge on any atom is -0.744 e. The molecule has 2 aliphatic rings. The zero-order valence-electron chi connectivity index (χ0n) is 43.5. The normalized spacial score (nSPS) is 11.3. The van der Waals surface area contributed by atoms with Crippen molar-refractivity contribution in [1.29, 1.82) is 0 Å². The monoisotopic (exact) mass is 1120 g/mol. The third-order valence-electron chi connectivity index (χ3n) is 12.0. The first-order chi connectivity index (χ1) is 34.4. The quantitative estimate of drug-likeness (QED) is 0.0193. The first-order valence-corrected chi connectivity index (χ1v) is 24.7. The minimum absolute atomic E-state index is 0. The summed E-state index contributed by atoms with van der Waals surface area (Å²) in [5.74, 6) is -2.21. The largest absolute Gasteiger partial charge is 1.00 e. The van der Waals surface area contributed by atoms with Crippen LogP contribution in [0.5, 0.6) is 11.5 Å². The van der Waals surface area contributed by atoms with Gasteiger partial charge in [-0.1, -0.05) is 56.0 Å². The predicted molar refractivity (Wildman–Crippen MR) is 268 cm³/mol. The zero-order chi connectivity index (χ0) is 52.8. The molecule has 0 fully saturated rings. The number of fused-ring (bicyclic) bond motifs is 2. The summed E-state index contributed by atoms with van der Waals surface area (Å²) in [6.45, 7) is 9.75. The molecule has 0 radical (unpaired) electrons. The SMILES string of the molecule is Cc1[c-]c(C)c(Nc2ccc3c(-c4ccccc4S(=O)(=O)O)c4ccc(=[NH+]c5c(C)c(NC(=O)Nc6ccc(O)c(C(=O)[O-])c6)c(C)c(S(=O)(=O)[O-])c5C)cc-4oc3c2)c(C)c1NC(=O)Nc1c[c-]c(O)cc1.[Na+].[Na+].[Na+].[Na+]. The van der Waals surface area contributed by atoms with E-state index in [0.717, 1.165) is 12.1 Å². The van der Waals surface area contributed by atoms with Crippen LogP contribution in [-0.2, 0) is 20.2 Å². The van der Waals surface area contributed by atoms with Crippen LogP contribution in [0.15, 0.2) is 111 Å². The molecule has 0 bridgehead atoms. The number of urea groups is 2. The van der Waals surface area contributed by atoms with Crippen molar-refractivity contribution in [2.45, 2.75) is 51.3 Å². The molecule has 6 aromatic carbocycles. The van der Waals surface area contributed by atoms with E-state index in [0.29, 0.717) is 56.0 Å². The number of hydrogen-bond acceptors (Lipinski definition) is 13. The third kappa shape index (κ3) is 14.2. The summed E-state index contributed by atoms with van der Waals surface area (Å²) >= 11 is 0. The summed E-state index contributed by atoms with van der Waals surface area (Å²) in [4.78, 5) is 40.1. The molecule has 25 heteroatoms. The number of carboxylic acids is 1. The van der Waals surface area contributed by atoms with E-state index in [1.807, 2.05) is 13.8 Å². The van der Waals surface area contributed by atoms with Gasteiger partial charge in [-0.25, -0.2) is 18.2 Å². The van der Waals surface area contributed by atoms with E-state index in [2.05, 4.69) is 43.7 Å². The molecular weight excluding hydrogens is 1070 g/mol. The maximum Gasteiger partial charge on any atom is 1.00 e. The van der Waals surface area contributed by atoms with Crippen LogP contribution in [0.3, 0.4) is 0 Å². The summed E-state index contributed by atoms with van der Waals surface area (Å²) in [6.07, 6.45) is 0. The van der Waals surface area contributed by atoms with Gasteiger partial charge >= 0.3 is 130 Å². The molecule has 19 nitrogen and oxygen atoms in total. The van der Waals surface area contributed by atoms with E-state index in [9.17, 15) is 55.6 Å². The Kier molecular flexibility index (Phi) is 21.9. The van der Waals surface area contributed by atoms with Gasteiger partial charge in [0.1, 0.15) is 32.1 Å². The number of amides is 4. The van der Waals surface area contributed by atoms with Gasteiger partial charge in [0.05, 0.1) is 22.6 Å². The third-order valence-corrected chi connectivity index (χ3v) is 14.0. The first kappa shape index (κ1) is 64.8. The van der Waals surface area contributed by atoms with Crippen LogP contribution in [0.4, 0.5) is 49.4 Å². The van der Waals surface area contributed by atoms with Gasteiger partial charge in [-0.3, -0.25) is 9.35 Å². The van der Waals surface area contributed by atoms with E-state index in [1.165, 1.54) is 56.3 Å². The fourth-order valence-electron chi connectivity index (χ4n) is 8.76. The second-order valence-electron chi connectivity index (χ2n) is 16.9. The first-order valence-electron chi connectivity index (χ1n) is 21.9. The molecule has 77 heavy (non-hydrogen) atoms. The van der Waals surface area contributed by atoms with Crippen LogP contribution in [0.25, 0.3) is 33.4 Å². The minimum atomic E-state index is -5.19. The Morgan fingerprint density at radius 1 is 0.649 bits per heavy atom. The van der Waals surface area contributed by atoms with Gasteiger partial charge in [0.2, 0.25) is 11.0 Å². The molecule has 8 rings (SSSR count). The predicted octanol–water partition coefficient (Wildman–Crippen LogP) is -5.06. The molecule has 6 aromatic rings. The van der Waals surface area contributed by atoms with Crippen LogP contribution in [0.2, 0.25) is 0 Å². The van der Waals surface area contributed by atoms with E-state index < -0.39 is 54.5 Å². The van der Waals surface area contributed by atoms with Crippen LogP contribution >= 0.6 is 0 Å². The Morgan fingerprint density at radius 2 is 1.27 bits per heavy atom.